The molecule has 21 heavy (non-hydrogen) atoms. The van der Waals surface area contributed by atoms with Gasteiger partial charge in [-0.2, -0.15) is 0 Å². The number of amides is 2. The van der Waals surface area contributed by atoms with E-state index in [-0.39, 0.29) is 17.9 Å². The Labute approximate surface area is 130 Å². The predicted molar refractivity (Wildman–Crippen MR) is 85.5 cm³/mol. The second-order valence-electron chi connectivity index (χ2n) is 5.96. The molecule has 2 rings (SSSR count). The Morgan fingerprint density at radius 1 is 1.43 bits per heavy atom. The zero-order valence-corrected chi connectivity index (χ0v) is 13.6. The molecular weight excluding hydrogens is 284 g/mol. The van der Waals surface area contributed by atoms with Crippen molar-refractivity contribution in [3.63, 3.8) is 0 Å². The summed E-state index contributed by atoms with van der Waals surface area (Å²) in [5.74, 6) is 0.564. The van der Waals surface area contributed by atoms with E-state index < -0.39 is 0 Å². The first-order chi connectivity index (χ1) is 10.1. The van der Waals surface area contributed by atoms with Crippen LogP contribution in [-0.4, -0.2) is 35.8 Å². The lowest BCUT2D eigenvalue weighted by molar-refractivity contribution is -0.126. The van der Waals surface area contributed by atoms with E-state index in [0.29, 0.717) is 19.0 Å². The Kier molecular flexibility index (Phi) is 5.79. The molecule has 2 heterocycles. The van der Waals surface area contributed by atoms with Gasteiger partial charge in [-0.15, -0.1) is 11.3 Å². The molecule has 0 aromatic carbocycles. The number of nitrogens with zero attached hydrogens (tertiary/aromatic N) is 1. The number of hydrogen-bond donors (Lipinski definition) is 1. The average Bonchev–Trinajstić information content (AvgIpc) is 3.00. The fourth-order valence-corrected chi connectivity index (χ4v) is 3.27. The van der Waals surface area contributed by atoms with Crippen molar-refractivity contribution >= 4 is 23.2 Å². The third-order valence-corrected chi connectivity index (χ3v) is 4.68. The zero-order valence-electron chi connectivity index (χ0n) is 12.8. The molecular formula is C16H24N2O2S. The van der Waals surface area contributed by atoms with Crippen LogP contribution in [0.15, 0.2) is 17.5 Å². The van der Waals surface area contributed by atoms with Crippen molar-refractivity contribution in [2.45, 2.75) is 45.6 Å². The fourth-order valence-electron chi connectivity index (χ4n) is 2.59. The Balaban J connectivity index is 1.98. The molecule has 0 aliphatic carbocycles. The summed E-state index contributed by atoms with van der Waals surface area (Å²) in [6.07, 6.45) is 3.73. The molecule has 1 unspecified atom stereocenters. The highest BCUT2D eigenvalue weighted by molar-refractivity contribution is 7.12. The van der Waals surface area contributed by atoms with Crippen molar-refractivity contribution in [1.82, 2.24) is 10.2 Å². The maximum Gasteiger partial charge on any atom is 0.264 e. The lowest BCUT2D eigenvalue weighted by atomic mass is 10.0. The van der Waals surface area contributed by atoms with E-state index >= 15 is 0 Å². The van der Waals surface area contributed by atoms with Crippen LogP contribution in [0.25, 0.3) is 0 Å². The van der Waals surface area contributed by atoms with E-state index in [0.717, 1.165) is 30.6 Å². The smallest absolute Gasteiger partial charge is 0.264 e. The Bertz CT molecular complexity index is 471. The molecule has 1 fully saturated rings. The SMILES string of the molecule is CC(C)CCNC(=O)C1CCCCN1C(=O)c1cccs1. The molecule has 116 valence electrons. The van der Waals surface area contributed by atoms with Gasteiger partial charge >= 0.3 is 0 Å². The van der Waals surface area contributed by atoms with E-state index in [1.165, 1.54) is 11.3 Å². The summed E-state index contributed by atoms with van der Waals surface area (Å²) in [5, 5.41) is 4.88. The highest BCUT2D eigenvalue weighted by atomic mass is 32.1. The van der Waals surface area contributed by atoms with Gasteiger partial charge in [-0.25, -0.2) is 0 Å². The molecule has 1 N–H and O–H groups in total. The molecule has 1 saturated heterocycles. The van der Waals surface area contributed by atoms with Gasteiger partial charge in [0.1, 0.15) is 6.04 Å². The summed E-state index contributed by atoms with van der Waals surface area (Å²) in [4.78, 5) is 27.3. The Hall–Kier alpha value is -1.36. The summed E-state index contributed by atoms with van der Waals surface area (Å²) in [6.45, 7) is 5.64. The first-order valence-electron chi connectivity index (χ1n) is 7.71. The summed E-state index contributed by atoms with van der Waals surface area (Å²) < 4.78 is 0. The number of carbonyl (C=O) groups excluding carboxylic acids is 2. The van der Waals surface area contributed by atoms with Gasteiger partial charge in [0.05, 0.1) is 4.88 Å². The van der Waals surface area contributed by atoms with E-state index in [4.69, 9.17) is 0 Å². The van der Waals surface area contributed by atoms with Crippen molar-refractivity contribution < 1.29 is 9.59 Å². The standard InChI is InChI=1S/C16H24N2O2S/c1-12(2)8-9-17-15(19)13-6-3-4-10-18(13)16(20)14-7-5-11-21-14/h5,7,11-13H,3-4,6,8-10H2,1-2H3,(H,17,19). The van der Waals surface area contributed by atoms with Gasteiger partial charge < -0.3 is 10.2 Å². The average molecular weight is 308 g/mol. The summed E-state index contributed by atoms with van der Waals surface area (Å²) in [6, 6.07) is 3.40. The molecule has 1 aromatic heterocycles. The number of thiophene rings is 1. The molecule has 2 amide bonds. The molecule has 1 aliphatic rings. The zero-order chi connectivity index (χ0) is 15.2. The minimum Gasteiger partial charge on any atom is -0.354 e. The maximum absolute atomic E-state index is 12.5. The quantitative estimate of drug-likeness (QED) is 0.909. The van der Waals surface area contributed by atoms with Gasteiger partial charge in [0.2, 0.25) is 5.91 Å². The normalized spacial score (nSPS) is 18.8. The third-order valence-electron chi connectivity index (χ3n) is 3.82. The first kappa shape index (κ1) is 16.0. The Morgan fingerprint density at radius 3 is 2.90 bits per heavy atom. The fraction of sp³-hybridized carbons (Fsp3) is 0.625. The molecule has 0 saturated carbocycles. The van der Waals surface area contributed by atoms with Crippen LogP contribution < -0.4 is 5.32 Å². The van der Waals surface area contributed by atoms with E-state index in [9.17, 15) is 9.59 Å². The van der Waals surface area contributed by atoms with Gasteiger partial charge in [-0.3, -0.25) is 9.59 Å². The lowest BCUT2D eigenvalue weighted by Gasteiger charge is -2.34. The molecule has 5 heteroatoms. The molecule has 1 aliphatic heterocycles. The van der Waals surface area contributed by atoms with Crippen molar-refractivity contribution in [2.24, 2.45) is 5.92 Å². The molecule has 1 atom stereocenters. The minimum atomic E-state index is -0.305. The van der Waals surface area contributed by atoms with Crippen LogP contribution in [0.4, 0.5) is 0 Å². The Morgan fingerprint density at radius 2 is 2.24 bits per heavy atom. The van der Waals surface area contributed by atoms with E-state index in [1.54, 1.807) is 4.90 Å². The lowest BCUT2D eigenvalue weighted by Crippen LogP contribution is -2.52. The predicted octanol–water partition coefficient (Wildman–Crippen LogP) is 2.91. The number of likely N-dealkylation sites (tertiary alicyclic amines) is 1. The van der Waals surface area contributed by atoms with E-state index in [1.807, 2.05) is 17.5 Å². The summed E-state index contributed by atoms with van der Waals surface area (Å²) in [7, 11) is 0. The summed E-state index contributed by atoms with van der Waals surface area (Å²) in [5.41, 5.74) is 0. The van der Waals surface area contributed by atoms with Crippen molar-refractivity contribution in [3.8, 4) is 0 Å². The molecule has 0 radical (unpaired) electrons. The number of hydrogen-bond acceptors (Lipinski definition) is 3. The summed E-state index contributed by atoms with van der Waals surface area (Å²) >= 11 is 1.44. The highest BCUT2D eigenvalue weighted by Crippen LogP contribution is 2.21. The minimum absolute atomic E-state index is 0.000237. The molecule has 0 bridgehead atoms. The van der Waals surface area contributed by atoms with Gasteiger partial charge in [0, 0.05) is 13.1 Å². The van der Waals surface area contributed by atoms with Crippen LogP contribution in [0.3, 0.4) is 0 Å². The number of rotatable bonds is 5. The molecule has 1 aromatic rings. The first-order valence-corrected chi connectivity index (χ1v) is 8.59. The van der Waals surface area contributed by atoms with Crippen LogP contribution in [-0.2, 0) is 4.79 Å². The van der Waals surface area contributed by atoms with Crippen LogP contribution >= 0.6 is 11.3 Å². The number of piperidine rings is 1. The van der Waals surface area contributed by atoms with Crippen LogP contribution in [0.1, 0.15) is 49.2 Å². The second kappa shape index (κ2) is 7.59. The van der Waals surface area contributed by atoms with E-state index in [2.05, 4.69) is 19.2 Å². The van der Waals surface area contributed by atoms with Crippen molar-refractivity contribution in [2.75, 3.05) is 13.1 Å². The van der Waals surface area contributed by atoms with Crippen LogP contribution in [0.5, 0.6) is 0 Å². The number of carbonyl (C=O) groups is 2. The molecule has 4 nitrogen and oxygen atoms in total. The van der Waals surface area contributed by atoms with Gasteiger partial charge in [-0.05, 0) is 43.0 Å². The van der Waals surface area contributed by atoms with Gasteiger partial charge in [-0.1, -0.05) is 19.9 Å². The monoisotopic (exact) mass is 308 g/mol. The molecule has 0 spiro atoms. The topological polar surface area (TPSA) is 49.4 Å². The van der Waals surface area contributed by atoms with Crippen molar-refractivity contribution in [3.05, 3.63) is 22.4 Å². The largest absolute Gasteiger partial charge is 0.354 e. The van der Waals surface area contributed by atoms with Crippen molar-refractivity contribution in [1.29, 1.82) is 0 Å². The number of nitrogens with one attached hydrogen (secondary N) is 1. The van der Waals surface area contributed by atoms with Gasteiger partial charge in [0.15, 0.2) is 0 Å². The second-order valence-corrected chi connectivity index (χ2v) is 6.91. The third kappa shape index (κ3) is 4.30. The van der Waals surface area contributed by atoms with Crippen LogP contribution in [0.2, 0.25) is 0 Å². The van der Waals surface area contributed by atoms with Crippen LogP contribution in [0, 0.1) is 5.92 Å². The van der Waals surface area contributed by atoms with Gasteiger partial charge in [0.25, 0.3) is 5.91 Å². The maximum atomic E-state index is 12.5. The highest BCUT2D eigenvalue weighted by Gasteiger charge is 2.32.